The van der Waals surface area contributed by atoms with Crippen molar-refractivity contribution < 1.29 is 54.7 Å². The van der Waals surface area contributed by atoms with Crippen LogP contribution in [-0.4, -0.2) is 71.7 Å². The Labute approximate surface area is 173 Å². The van der Waals surface area contributed by atoms with Gasteiger partial charge in [0.05, 0.1) is 18.2 Å². The third-order valence-electron chi connectivity index (χ3n) is 4.95. The van der Waals surface area contributed by atoms with Gasteiger partial charge in [-0.05, 0) is 12.1 Å². The molecule has 2 aromatic carbocycles. The molecular weight excluding hydrogens is 416 g/mol. The first kappa shape index (κ1) is 20.9. The van der Waals surface area contributed by atoms with Crippen molar-refractivity contribution >= 4 is 11.0 Å². The topological polar surface area (TPSA) is 192 Å². The Morgan fingerprint density at radius 3 is 2.39 bits per heavy atom. The number of aromatic hydroxyl groups is 4. The van der Waals surface area contributed by atoms with Crippen LogP contribution in [0.5, 0.6) is 28.7 Å². The predicted octanol–water partition coefficient (Wildman–Crippen LogP) is 0.341. The fourth-order valence-corrected chi connectivity index (χ4v) is 3.34. The number of phenols is 4. The van der Waals surface area contributed by atoms with Gasteiger partial charge in [0.25, 0.3) is 5.79 Å². The van der Waals surface area contributed by atoms with Crippen LogP contribution >= 0.6 is 0 Å². The number of aliphatic hydroxyl groups excluding tert-OH is 3. The van der Waals surface area contributed by atoms with Gasteiger partial charge in [-0.1, -0.05) is 0 Å². The smallest absolute Gasteiger partial charge is 0.402 e. The van der Waals surface area contributed by atoms with Gasteiger partial charge in [-0.15, -0.1) is 0 Å². The molecule has 3 aromatic rings. The highest BCUT2D eigenvalue weighted by Crippen LogP contribution is 2.43. The highest BCUT2D eigenvalue weighted by molar-refractivity contribution is 5.88. The van der Waals surface area contributed by atoms with Gasteiger partial charge in [0.2, 0.25) is 5.75 Å². The Bertz CT molecular complexity index is 1150. The van der Waals surface area contributed by atoms with Gasteiger partial charge in [-0.25, -0.2) is 4.42 Å². The Balaban J connectivity index is 1.93. The van der Waals surface area contributed by atoms with E-state index in [0.29, 0.717) is 0 Å². The normalized spacial score (nSPS) is 25.7. The van der Waals surface area contributed by atoms with Crippen LogP contribution in [0.15, 0.2) is 40.8 Å². The van der Waals surface area contributed by atoms with Crippen molar-refractivity contribution in [3.8, 4) is 40.1 Å². The Morgan fingerprint density at radius 1 is 0.968 bits per heavy atom. The number of hydrogen-bond donors (Lipinski definition) is 8. The summed E-state index contributed by atoms with van der Waals surface area (Å²) in [4.78, 5) is 0. The van der Waals surface area contributed by atoms with Crippen LogP contribution < -0.4 is 4.74 Å². The summed E-state index contributed by atoms with van der Waals surface area (Å²) in [6.45, 7) is -0.816. The van der Waals surface area contributed by atoms with Gasteiger partial charge in [0.15, 0.2) is 30.0 Å². The first-order chi connectivity index (χ1) is 14.6. The molecule has 0 aliphatic carbocycles. The van der Waals surface area contributed by atoms with Crippen LogP contribution in [0.25, 0.3) is 22.3 Å². The minimum Gasteiger partial charge on any atom is -0.507 e. The number of phenolic OH excluding ortho intramolecular Hbond substituents is 4. The summed E-state index contributed by atoms with van der Waals surface area (Å²) in [6.07, 6.45) is -5.37. The van der Waals surface area contributed by atoms with E-state index in [0.717, 1.165) is 18.2 Å². The third-order valence-corrected chi connectivity index (χ3v) is 4.95. The van der Waals surface area contributed by atoms with Crippen molar-refractivity contribution in [1.82, 2.24) is 0 Å². The van der Waals surface area contributed by atoms with Crippen LogP contribution in [-0.2, 0) is 4.74 Å². The molecule has 11 nitrogen and oxygen atoms in total. The minimum atomic E-state index is -2.61. The van der Waals surface area contributed by atoms with Crippen molar-refractivity contribution in [2.24, 2.45) is 0 Å². The van der Waals surface area contributed by atoms with E-state index >= 15 is 0 Å². The lowest BCUT2D eigenvalue weighted by Crippen LogP contribution is -2.54. The van der Waals surface area contributed by atoms with Crippen LogP contribution in [0.3, 0.4) is 0 Å². The van der Waals surface area contributed by atoms with Gasteiger partial charge in [0, 0.05) is 18.2 Å². The quantitative estimate of drug-likeness (QED) is 0.160. The number of fused-ring (bicyclic) bond motifs is 1. The fraction of sp³-hybridized carbons (Fsp3) is 0.250. The second-order valence-corrected chi connectivity index (χ2v) is 7.02. The molecule has 31 heavy (non-hydrogen) atoms. The van der Waals surface area contributed by atoms with Crippen LogP contribution in [0, 0.1) is 0 Å². The molecule has 8 N–H and O–H groups in total. The summed E-state index contributed by atoms with van der Waals surface area (Å²) < 4.78 is 16.2. The Morgan fingerprint density at radius 2 is 1.71 bits per heavy atom. The van der Waals surface area contributed by atoms with Gasteiger partial charge in [-0.2, -0.15) is 0 Å². The van der Waals surface area contributed by atoms with E-state index < -0.39 is 48.1 Å². The van der Waals surface area contributed by atoms with Gasteiger partial charge < -0.3 is 50.3 Å². The van der Waals surface area contributed by atoms with Crippen molar-refractivity contribution in [2.45, 2.75) is 24.3 Å². The summed E-state index contributed by atoms with van der Waals surface area (Å²) in [5.41, 5.74) is 0.148. The zero-order chi connectivity index (χ0) is 22.5. The molecule has 4 atom stereocenters. The highest BCUT2D eigenvalue weighted by Gasteiger charge is 2.58. The standard InChI is InChI=1S/C20H18O11/c21-7-16-20(28,18(26)19(27)30-16)31-15-6-10-12(24)4-9(22)5-14(10)29-17(15)8-1-2-11(23)13(25)3-8/h1-6,16,18-19,21,26-28H,7H2,(H3-,22,23,24,25)/p+1/t16-,18-,19?,20+/m1/s1. The molecule has 0 amide bonds. The third kappa shape index (κ3) is 3.44. The first-order valence-corrected chi connectivity index (χ1v) is 9.03. The number of aliphatic hydroxyl groups is 4. The zero-order valence-electron chi connectivity index (χ0n) is 15.7. The van der Waals surface area contributed by atoms with Crippen LogP contribution in [0.1, 0.15) is 0 Å². The molecule has 0 saturated carbocycles. The summed E-state index contributed by atoms with van der Waals surface area (Å²) in [5.74, 6) is -4.64. The highest BCUT2D eigenvalue weighted by atomic mass is 16.7. The second kappa shape index (κ2) is 7.41. The SMILES string of the molecule is OC[C@H]1OC(O)[C@@H](O)[C@@]1(O)Oc1cc2c(O)cc(O)cc2[o+]c1-c1ccc(O)c(O)c1. The molecule has 1 aliphatic rings. The molecule has 1 aromatic heterocycles. The maximum atomic E-state index is 10.8. The first-order valence-electron chi connectivity index (χ1n) is 9.03. The molecule has 1 fully saturated rings. The Hall–Kier alpha value is -3.35. The average Bonchev–Trinajstić information content (AvgIpc) is 2.93. The molecule has 164 valence electrons. The molecule has 4 rings (SSSR count). The number of benzene rings is 2. The molecule has 1 unspecified atom stereocenters. The lowest BCUT2D eigenvalue weighted by Gasteiger charge is -2.29. The molecular formula is C20H19O11+. The zero-order valence-corrected chi connectivity index (χ0v) is 15.7. The maximum absolute atomic E-state index is 10.8. The van der Waals surface area contributed by atoms with E-state index in [1.165, 1.54) is 18.2 Å². The van der Waals surface area contributed by atoms with E-state index in [4.69, 9.17) is 13.9 Å². The van der Waals surface area contributed by atoms with E-state index in [9.17, 15) is 40.9 Å². The van der Waals surface area contributed by atoms with Gasteiger partial charge in [0.1, 0.15) is 16.9 Å². The monoisotopic (exact) mass is 435 g/mol. The van der Waals surface area contributed by atoms with Gasteiger partial charge >= 0.3 is 11.3 Å². The molecule has 2 heterocycles. The number of ether oxygens (including phenoxy) is 2. The number of hydrogen-bond acceptors (Lipinski definition) is 10. The number of rotatable bonds is 4. The van der Waals surface area contributed by atoms with E-state index in [2.05, 4.69) is 0 Å². The van der Waals surface area contributed by atoms with E-state index in [-0.39, 0.29) is 33.8 Å². The summed E-state index contributed by atoms with van der Waals surface area (Å²) >= 11 is 0. The van der Waals surface area contributed by atoms with Gasteiger partial charge in [-0.3, -0.25) is 0 Å². The van der Waals surface area contributed by atoms with Crippen LogP contribution in [0.4, 0.5) is 0 Å². The molecule has 0 bridgehead atoms. The lowest BCUT2D eigenvalue weighted by molar-refractivity contribution is -0.217. The molecule has 11 heteroatoms. The lowest BCUT2D eigenvalue weighted by atomic mass is 10.1. The fourth-order valence-electron chi connectivity index (χ4n) is 3.34. The van der Waals surface area contributed by atoms with Crippen LogP contribution in [0.2, 0.25) is 0 Å². The molecule has 0 radical (unpaired) electrons. The molecule has 0 spiro atoms. The van der Waals surface area contributed by atoms with E-state index in [1.54, 1.807) is 0 Å². The van der Waals surface area contributed by atoms with Crippen molar-refractivity contribution in [1.29, 1.82) is 0 Å². The molecule has 1 aliphatic heterocycles. The van der Waals surface area contributed by atoms with Crippen molar-refractivity contribution in [2.75, 3.05) is 6.61 Å². The average molecular weight is 435 g/mol. The Kier molecular flexibility index (Phi) is 5.00. The second-order valence-electron chi connectivity index (χ2n) is 7.02. The largest absolute Gasteiger partial charge is 0.507 e. The predicted molar refractivity (Wildman–Crippen MR) is 102 cm³/mol. The van der Waals surface area contributed by atoms with Crippen molar-refractivity contribution in [3.63, 3.8) is 0 Å². The summed E-state index contributed by atoms with van der Waals surface area (Å²) in [6, 6.07) is 7.09. The summed E-state index contributed by atoms with van der Waals surface area (Å²) in [5, 5.41) is 79.7. The summed E-state index contributed by atoms with van der Waals surface area (Å²) in [7, 11) is 0. The van der Waals surface area contributed by atoms with E-state index in [1.807, 2.05) is 0 Å². The minimum absolute atomic E-state index is 0.00127. The molecule has 1 saturated heterocycles. The maximum Gasteiger partial charge on any atom is 0.402 e. The van der Waals surface area contributed by atoms with Crippen molar-refractivity contribution in [3.05, 3.63) is 36.4 Å².